The van der Waals surface area contributed by atoms with Gasteiger partial charge in [0.1, 0.15) is 11.5 Å². The lowest BCUT2D eigenvalue weighted by atomic mass is 9.86. The number of aromatic nitrogens is 2. The van der Waals surface area contributed by atoms with Crippen molar-refractivity contribution in [1.82, 2.24) is 9.97 Å². The van der Waals surface area contributed by atoms with E-state index >= 15 is 0 Å². The van der Waals surface area contributed by atoms with Crippen LogP contribution < -0.4 is 21.3 Å². The normalized spacial score (nSPS) is 20.4. The molecule has 5 N–H and O–H groups in total. The van der Waals surface area contributed by atoms with Gasteiger partial charge >= 0.3 is 5.97 Å². The predicted molar refractivity (Wildman–Crippen MR) is 143 cm³/mol. The summed E-state index contributed by atoms with van der Waals surface area (Å²) in [6.07, 6.45) is 5.92. The molecule has 0 spiro atoms. The molecule has 4 rings (SSSR count). The highest BCUT2D eigenvalue weighted by Gasteiger charge is 2.27. The van der Waals surface area contributed by atoms with E-state index in [1.54, 1.807) is 6.20 Å². The second-order valence-electron chi connectivity index (χ2n) is 8.84. The van der Waals surface area contributed by atoms with Crippen molar-refractivity contribution in [2.24, 2.45) is 5.92 Å². The summed E-state index contributed by atoms with van der Waals surface area (Å²) in [7, 11) is 0. The fourth-order valence-corrected chi connectivity index (χ4v) is 5.05. The highest BCUT2D eigenvalue weighted by Crippen LogP contribution is 2.32. The van der Waals surface area contributed by atoms with Crippen molar-refractivity contribution in [3.63, 3.8) is 0 Å². The number of halogens is 3. The molecular weight excluding hydrogens is 530 g/mol. The SMILES string of the molecule is O=C(O)C1CCC(Nc2nc(NC3CCOCC3)ncc2NC(=S)Nc2c(Cl)cc(F)cc2Cl)CC1. The molecule has 194 valence electrons. The number of anilines is 4. The summed E-state index contributed by atoms with van der Waals surface area (Å²) in [5, 5.41) is 22.4. The molecule has 0 amide bonds. The Morgan fingerprint density at radius 1 is 1.03 bits per heavy atom. The molecule has 2 aliphatic rings. The van der Waals surface area contributed by atoms with Crippen LogP contribution in [0.4, 0.5) is 27.5 Å². The first-order chi connectivity index (χ1) is 17.3. The van der Waals surface area contributed by atoms with Crippen LogP contribution in [0, 0.1) is 11.7 Å². The number of nitrogens with zero attached hydrogens (tertiary/aromatic N) is 2. The van der Waals surface area contributed by atoms with Gasteiger partial charge in [-0.2, -0.15) is 4.98 Å². The minimum Gasteiger partial charge on any atom is -0.481 e. The minimum atomic E-state index is -0.754. The lowest BCUT2D eigenvalue weighted by molar-refractivity contribution is -0.142. The summed E-state index contributed by atoms with van der Waals surface area (Å²) >= 11 is 17.7. The first-order valence-electron chi connectivity index (χ1n) is 11.7. The van der Waals surface area contributed by atoms with Crippen molar-refractivity contribution < 1.29 is 19.0 Å². The van der Waals surface area contributed by atoms with Gasteiger partial charge in [-0.15, -0.1) is 0 Å². The maximum absolute atomic E-state index is 13.5. The minimum absolute atomic E-state index is 0.0505. The topological polar surface area (TPSA) is 120 Å². The molecule has 9 nitrogen and oxygen atoms in total. The van der Waals surface area contributed by atoms with Crippen molar-refractivity contribution in [3.05, 3.63) is 34.2 Å². The lowest BCUT2D eigenvalue weighted by Gasteiger charge is -2.28. The third-order valence-corrected chi connectivity index (χ3v) is 7.05. The zero-order valence-electron chi connectivity index (χ0n) is 19.3. The second-order valence-corrected chi connectivity index (χ2v) is 10.1. The summed E-state index contributed by atoms with van der Waals surface area (Å²) in [5.41, 5.74) is 0.789. The van der Waals surface area contributed by atoms with Crippen molar-refractivity contribution >= 4 is 69.6 Å². The number of ether oxygens (including phenoxy) is 1. The van der Waals surface area contributed by atoms with E-state index in [1.165, 1.54) is 0 Å². The standard InChI is InChI=1S/C23H27Cl2FN6O3S/c24-16-9-13(26)10-17(25)19(16)31-23(36)30-18-11-27-22(29-15-5-7-35-8-6-15)32-20(18)28-14-3-1-12(2-4-14)21(33)34/h9-12,14-15H,1-8H2,(H,33,34)(H2,30,31,36)(H2,27,28,29,32). The summed E-state index contributed by atoms with van der Waals surface area (Å²) < 4.78 is 18.9. The second kappa shape index (κ2) is 12.2. The molecule has 36 heavy (non-hydrogen) atoms. The van der Waals surface area contributed by atoms with Crippen LogP contribution in [-0.2, 0) is 9.53 Å². The third-order valence-electron chi connectivity index (χ3n) is 6.25. The Morgan fingerprint density at radius 2 is 1.67 bits per heavy atom. The highest BCUT2D eigenvalue weighted by molar-refractivity contribution is 7.80. The lowest BCUT2D eigenvalue weighted by Crippen LogP contribution is -2.31. The molecule has 2 fully saturated rings. The molecule has 1 aliphatic heterocycles. The Hall–Kier alpha value is -2.47. The van der Waals surface area contributed by atoms with E-state index < -0.39 is 11.8 Å². The monoisotopic (exact) mass is 556 g/mol. The number of carboxylic acid groups (broad SMARTS) is 1. The highest BCUT2D eigenvalue weighted by atomic mass is 35.5. The van der Waals surface area contributed by atoms with Gasteiger partial charge in [0.25, 0.3) is 0 Å². The Morgan fingerprint density at radius 3 is 2.31 bits per heavy atom. The summed E-state index contributed by atoms with van der Waals surface area (Å²) in [4.78, 5) is 20.4. The number of hydrogen-bond acceptors (Lipinski definition) is 7. The van der Waals surface area contributed by atoms with E-state index in [1.807, 2.05) is 0 Å². The predicted octanol–water partition coefficient (Wildman–Crippen LogP) is 5.38. The number of rotatable bonds is 7. The van der Waals surface area contributed by atoms with Gasteiger partial charge in [0, 0.05) is 25.3 Å². The zero-order chi connectivity index (χ0) is 25.7. The number of thiocarbonyl (C=S) groups is 1. The largest absolute Gasteiger partial charge is 0.481 e. The van der Waals surface area contributed by atoms with Crippen molar-refractivity contribution in [1.29, 1.82) is 0 Å². The molecule has 0 radical (unpaired) electrons. The fourth-order valence-electron chi connectivity index (χ4n) is 4.28. The Labute approximate surface area is 223 Å². The average Bonchev–Trinajstić information content (AvgIpc) is 2.84. The Balaban J connectivity index is 1.50. The molecule has 0 bridgehead atoms. The number of benzene rings is 1. The molecule has 13 heteroatoms. The Kier molecular flexibility index (Phi) is 9.00. The van der Waals surface area contributed by atoms with E-state index in [0.717, 1.165) is 25.0 Å². The number of carbonyl (C=O) groups is 1. The number of carboxylic acids is 1. The number of nitrogens with one attached hydrogen (secondary N) is 4. The molecule has 0 unspecified atom stereocenters. The Bertz CT molecular complexity index is 1090. The van der Waals surface area contributed by atoms with E-state index in [4.69, 9.17) is 40.2 Å². The maximum Gasteiger partial charge on any atom is 0.306 e. The smallest absolute Gasteiger partial charge is 0.306 e. The van der Waals surface area contributed by atoms with Gasteiger partial charge in [0.2, 0.25) is 5.95 Å². The van der Waals surface area contributed by atoms with Gasteiger partial charge in [-0.1, -0.05) is 23.2 Å². The maximum atomic E-state index is 13.5. The van der Waals surface area contributed by atoms with Crippen LogP contribution in [0.5, 0.6) is 0 Å². The molecule has 0 atom stereocenters. The number of hydrogen-bond donors (Lipinski definition) is 5. The van der Waals surface area contributed by atoms with Crippen LogP contribution in [0.25, 0.3) is 0 Å². The molecule has 1 aliphatic carbocycles. The first-order valence-corrected chi connectivity index (χ1v) is 12.9. The fraction of sp³-hybridized carbons (Fsp3) is 0.478. The summed E-state index contributed by atoms with van der Waals surface area (Å²) in [5.74, 6) is -0.634. The van der Waals surface area contributed by atoms with Crippen LogP contribution >= 0.6 is 35.4 Å². The molecule has 1 saturated carbocycles. The number of aliphatic carboxylic acids is 1. The van der Waals surface area contributed by atoms with Gasteiger partial charge in [-0.25, -0.2) is 9.37 Å². The molecule has 1 aromatic carbocycles. The van der Waals surface area contributed by atoms with Crippen LogP contribution in [-0.4, -0.2) is 51.5 Å². The molecule has 1 saturated heterocycles. The van der Waals surface area contributed by atoms with E-state index in [-0.39, 0.29) is 38.8 Å². The molecular formula is C23H27Cl2FN6O3S. The van der Waals surface area contributed by atoms with Gasteiger partial charge in [-0.3, -0.25) is 4.79 Å². The van der Waals surface area contributed by atoms with Crippen LogP contribution in [0.1, 0.15) is 38.5 Å². The molecule has 1 aromatic heterocycles. The van der Waals surface area contributed by atoms with Crippen LogP contribution in [0.3, 0.4) is 0 Å². The summed E-state index contributed by atoms with van der Waals surface area (Å²) in [6, 6.07) is 2.54. The van der Waals surface area contributed by atoms with Crippen molar-refractivity contribution in [2.75, 3.05) is 34.5 Å². The van der Waals surface area contributed by atoms with E-state index in [0.29, 0.717) is 56.4 Å². The van der Waals surface area contributed by atoms with Gasteiger partial charge in [0.15, 0.2) is 10.9 Å². The average molecular weight is 557 g/mol. The molecule has 2 heterocycles. The van der Waals surface area contributed by atoms with Crippen LogP contribution in [0.2, 0.25) is 10.0 Å². The van der Waals surface area contributed by atoms with Gasteiger partial charge in [0.05, 0.1) is 27.8 Å². The van der Waals surface area contributed by atoms with Gasteiger partial charge < -0.3 is 31.1 Å². The van der Waals surface area contributed by atoms with E-state index in [9.17, 15) is 14.3 Å². The zero-order valence-corrected chi connectivity index (χ0v) is 21.6. The quantitative estimate of drug-likeness (QED) is 0.284. The van der Waals surface area contributed by atoms with Crippen LogP contribution in [0.15, 0.2) is 18.3 Å². The van der Waals surface area contributed by atoms with E-state index in [2.05, 4.69) is 31.2 Å². The molecule has 2 aromatic rings. The first kappa shape index (κ1) is 26.6. The summed E-state index contributed by atoms with van der Waals surface area (Å²) in [6.45, 7) is 1.37. The van der Waals surface area contributed by atoms with Crippen molar-refractivity contribution in [2.45, 2.75) is 50.6 Å². The van der Waals surface area contributed by atoms with Gasteiger partial charge in [-0.05, 0) is 62.9 Å². The van der Waals surface area contributed by atoms with Crippen molar-refractivity contribution in [3.8, 4) is 0 Å². The third kappa shape index (κ3) is 7.06.